The smallest absolute Gasteiger partial charge is 0.147 e. The minimum Gasteiger partial charge on any atom is -0.393 e. The predicted octanol–water partition coefficient (Wildman–Crippen LogP) is -0.393. The van der Waals surface area contributed by atoms with Crippen molar-refractivity contribution in [3.8, 4) is 0 Å². The molecule has 0 spiro atoms. The largest absolute Gasteiger partial charge is 0.393 e. The van der Waals surface area contributed by atoms with Crippen LogP contribution in [-0.2, 0) is 12.1 Å². The average Bonchev–Trinajstić information content (AvgIpc) is 2.48. The molecule has 72 valence electrons. The number of hydrogen-bond acceptors (Lipinski definition) is 4. The van der Waals surface area contributed by atoms with Gasteiger partial charge in [0.2, 0.25) is 0 Å². The Morgan fingerprint density at radius 1 is 1.77 bits per heavy atom. The number of aliphatic hydroxyl groups excluding tert-OH is 1. The first-order valence-electron chi connectivity index (χ1n) is 4.51. The maximum Gasteiger partial charge on any atom is 0.147 e. The number of nitrogens with two attached hydrogens (primary N) is 1. The molecule has 0 unspecified atom stereocenters. The van der Waals surface area contributed by atoms with Crippen LogP contribution in [0.1, 0.15) is 25.6 Å². The molecule has 5 heteroatoms. The first-order valence-corrected chi connectivity index (χ1v) is 4.51. The van der Waals surface area contributed by atoms with Crippen LogP contribution in [0.4, 0.5) is 0 Å². The molecule has 0 aromatic carbocycles. The Labute approximate surface area is 76.6 Å². The number of aliphatic hydroxyl groups is 1. The average molecular weight is 182 g/mol. The molecule has 1 aromatic heterocycles. The summed E-state index contributed by atoms with van der Waals surface area (Å²) < 4.78 is 1.78. The van der Waals surface area contributed by atoms with Crippen LogP contribution in [0.3, 0.4) is 0 Å². The summed E-state index contributed by atoms with van der Waals surface area (Å²) in [6, 6.07) is 0. The van der Waals surface area contributed by atoms with Crippen molar-refractivity contribution in [2.75, 3.05) is 0 Å². The van der Waals surface area contributed by atoms with Crippen LogP contribution in [0.25, 0.3) is 0 Å². The molecule has 1 saturated carbocycles. The van der Waals surface area contributed by atoms with E-state index in [0.29, 0.717) is 12.8 Å². The molecule has 13 heavy (non-hydrogen) atoms. The maximum absolute atomic E-state index is 9.21. The highest BCUT2D eigenvalue weighted by atomic mass is 16.3. The monoisotopic (exact) mass is 182 g/mol. The lowest BCUT2D eigenvalue weighted by molar-refractivity contribution is 0.0143. The van der Waals surface area contributed by atoms with Crippen molar-refractivity contribution in [3.63, 3.8) is 0 Å². The van der Waals surface area contributed by atoms with Crippen molar-refractivity contribution < 1.29 is 5.11 Å². The van der Waals surface area contributed by atoms with E-state index in [4.69, 9.17) is 5.73 Å². The molecular weight excluding hydrogens is 168 g/mol. The van der Waals surface area contributed by atoms with Gasteiger partial charge in [-0.15, -0.1) is 0 Å². The lowest BCUT2D eigenvalue weighted by Crippen LogP contribution is -2.53. The van der Waals surface area contributed by atoms with Crippen LogP contribution in [0.2, 0.25) is 0 Å². The zero-order valence-electron chi connectivity index (χ0n) is 7.64. The molecule has 1 aromatic rings. The SMILES string of the molecule is CCn1ncnc1C1(N)CC(O)C1. The Morgan fingerprint density at radius 3 is 3.00 bits per heavy atom. The van der Waals surface area contributed by atoms with Gasteiger partial charge in [-0.25, -0.2) is 9.67 Å². The van der Waals surface area contributed by atoms with E-state index >= 15 is 0 Å². The normalized spacial score (nSPS) is 33.0. The van der Waals surface area contributed by atoms with E-state index in [-0.39, 0.29) is 6.10 Å². The maximum atomic E-state index is 9.21. The molecule has 0 radical (unpaired) electrons. The molecule has 3 N–H and O–H groups in total. The van der Waals surface area contributed by atoms with Gasteiger partial charge in [0.05, 0.1) is 11.6 Å². The summed E-state index contributed by atoms with van der Waals surface area (Å²) in [6.45, 7) is 2.76. The second kappa shape index (κ2) is 2.78. The molecule has 0 bridgehead atoms. The summed E-state index contributed by atoms with van der Waals surface area (Å²) in [6.07, 6.45) is 2.42. The Kier molecular flexibility index (Phi) is 1.85. The van der Waals surface area contributed by atoms with E-state index in [1.807, 2.05) is 6.92 Å². The number of hydrogen-bond donors (Lipinski definition) is 2. The number of nitrogens with zero attached hydrogens (tertiary/aromatic N) is 3. The molecule has 0 atom stereocenters. The number of rotatable bonds is 2. The second-order valence-electron chi connectivity index (χ2n) is 3.62. The zero-order chi connectivity index (χ0) is 9.47. The van der Waals surface area contributed by atoms with E-state index in [0.717, 1.165) is 12.4 Å². The van der Waals surface area contributed by atoms with E-state index < -0.39 is 5.54 Å². The Hall–Kier alpha value is -0.940. The standard InChI is InChI=1S/C8H14N4O/c1-2-12-7(10-5-11-12)8(9)3-6(13)4-8/h5-6,13H,2-4,9H2,1H3. The lowest BCUT2D eigenvalue weighted by atomic mass is 9.74. The van der Waals surface area contributed by atoms with Crippen molar-refractivity contribution in [1.82, 2.24) is 14.8 Å². The third-order valence-corrected chi connectivity index (χ3v) is 2.56. The number of aromatic nitrogens is 3. The van der Waals surface area contributed by atoms with Crippen LogP contribution in [-0.4, -0.2) is 26.0 Å². The molecule has 5 nitrogen and oxygen atoms in total. The van der Waals surface area contributed by atoms with Gasteiger partial charge in [0, 0.05) is 6.54 Å². The van der Waals surface area contributed by atoms with Crippen LogP contribution in [0, 0.1) is 0 Å². The summed E-state index contributed by atoms with van der Waals surface area (Å²) in [5.74, 6) is 0.792. The zero-order valence-corrected chi connectivity index (χ0v) is 7.64. The van der Waals surface area contributed by atoms with E-state index in [1.54, 1.807) is 4.68 Å². The first kappa shape index (κ1) is 8.65. The van der Waals surface area contributed by atoms with Gasteiger partial charge in [-0.1, -0.05) is 0 Å². The van der Waals surface area contributed by atoms with Crippen LogP contribution < -0.4 is 5.73 Å². The summed E-state index contributed by atoms with van der Waals surface area (Å²) in [7, 11) is 0. The summed E-state index contributed by atoms with van der Waals surface area (Å²) >= 11 is 0. The first-order chi connectivity index (χ1) is 6.15. The quantitative estimate of drug-likeness (QED) is 0.653. The topological polar surface area (TPSA) is 77.0 Å². The molecule has 2 rings (SSSR count). The highest BCUT2D eigenvalue weighted by Crippen LogP contribution is 2.37. The van der Waals surface area contributed by atoms with Gasteiger partial charge in [0.15, 0.2) is 0 Å². The molecule has 1 aliphatic rings. The third kappa shape index (κ3) is 1.24. The van der Waals surface area contributed by atoms with Crippen LogP contribution in [0.15, 0.2) is 6.33 Å². The fourth-order valence-electron chi connectivity index (χ4n) is 1.84. The van der Waals surface area contributed by atoms with Crippen molar-refractivity contribution in [3.05, 3.63) is 12.2 Å². The Balaban J connectivity index is 2.25. The van der Waals surface area contributed by atoms with Crippen LogP contribution in [0.5, 0.6) is 0 Å². The second-order valence-corrected chi connectivity index (χ2v) is 3.62. The van der Waals surface area contributed by atoms with Gasteiger partial charge in [-0.05, 0) is 19.8 Å². The molecular formula is C8H14N4O. The minimum absolute atomic E-state index is 0.271. The third-order valence-electron chi connectivity index (χ3n) is 2.56. The van der Waals surface area contributed by atoms with Gasteiger partial charge in [0.25, 0.3) is 0 Å². The Bertz CT molecular complexity index is 303. The summed E-state index contributed by atoms with van der Waals surface area (Å²) in [5, 5.41) is 13.3. The predicted molar refractivity (Wildman–Crippen MR) is 46.8 cm³/mol. The van der Waals surface area contributed by atoms with Gasteiger partial charge in [-0.3, -0.25) is 0 Å². The molecule has 1 aliphatic carbocycles. The van der Waals surface area contributed by atoms with Crippen LogP contribution >= 0.6 is 0 Å². The highest BCUT2D eigenvalue weighted by molar-refractivity contribution is 5.12. The lowest BCUT2D eigenvalue weighted by Gasteiger charge is -2.41. The number of aryl methyl sites for hydroxylation is 1. The van der Waals surface area contributed by atoms with Crippen molar-refractivity contribution >= 4 is 0 Å². The molecule has 0 amide bonds. The van der Waals surface area contributed by atoms with E-state index in [2.05, 4.69) is 10.1 Å². The van der Waals surface area contributed by atoms with Crippen molar-refractivity contribution in [2.45, 2.75) is 38.0 Å². The van der Waals surface area contributed by atoms with Crippen molar-refractivity contribution in [1.29, 1.82) is 0 Å². The van der Waals surface area contributed by atoms with Gasteiger partial charge < -0.3 is 10.8 Å². The van der Waals surface area contributed by atoms with E-state index in [9.17, 15) is 5.11 Å². The minimum atomic E-state index is -0.452. The molecule has 1 heterocycles. The highest BCUT2D eigenvalue weighted by Gasteiger charge is 2.44. The molecule has 1 fully saturated rings. The summed E-state index contributed by atoms with van der Waals surface area (Å²) in [4.78, 5) is 4.13. The van der Waals surface area contributed by atoms with Crippen molar-refractivity contribution in [2.24, 2.45) is 5.73 Å². The van der Waals surface area contributed by atoms with E-state index in [1.165, 1.54) is 6.33 Å². The molecule has 0 aliphatic heterocycles. The fourth-order valence-corrected chi connectivity index (χ4v) is 1.84. The molecule has 0 saturated heterocycles. The van der Waals surface area contributed by atoms with Gasteiger partial charge >= 0.3 is 0 Å². The summed E-state index contributed by atoms with van der Waals surface area (Å²) in [5.41, 5.74) is 5.60. The van der Waals surface area contributed by atoms with Gasteiger partial charge in [0.1, 0.15) is 12.2 Å². The Morgan fingerprint density at radius 2 is 2.46 bits per heavy atom. The van der Waals surface area contributed by atoms with Gasteiger partial charge in [-0.2, -0.15) is 5.10 Å². The fraction of sp³-hybridized carbons (Fsp3) is 0.750.